The quantitative estimate of drug-likeness (QED) is 0.901. The molecule has 1 fully saturated rings. The van der Waals surface area contributed by atoms with Gasteiger partial charge in [0.1, 0.15) is 5.01 Å². The molecule has 1 saturated carbocycles. The van der Waals surface area contributed by atoms with Crippen molar-refractivity contribution in [2.24, 2.45) is 0 Å². The Morgan fingerprint density at radius 2 is 2.18 bits per heavy atom. The molecule has 3 rings (SSSR count). The summed E-state index contributed by atoms with van der Waals surface area (Å²) < 4.78 is 1.91. The molecule has 2 heterocycles. The third-order valence-corrected chi connectivity index (χ3v) is 4.18. The van der Waals surface area contributed by atoms with E-state index in [1.165, 1.54) is 17.7 Å². The van der Waals surface area contributed by atoms with Crippen molar-refractivity contribution in [2.75, 3.05) is 5.73 Å². The zero-order valence-electron chi connectivity index (χ0n) is 9.97. The maximum absolute atomic E-state index is 5.86. The summed E-state index contributed by atoms with van der Waals surface area (Å²) in [6.45, 7) is 4.82. The molecular weight excluding hydrogens is 234 g/mol. The van der Waals surface area contributed by atoms with E-state index in [2.05, 4.69) is 22.2 Å². The highest BCUT2D eigenvalue weighted by atomic mass is 32.1. The van der Waals surface area contributed by atoms with Crippen molar-refractivity contribution >= 4 is 17.2 Å². The molecule has 1 aliphatic carbocycles. The fourth-order valence-corrected chi connectivity index (χ4v) is 2.88. The highest BCUT2D eigenvalue weighted by Gasteiger charge is 2.30. The Kier molecular flexibility index (Phi) is 2.39. The average molecular weight is 249 g/mol. The summed E-state index contributed by atoms with van der Waals surface area (Å²) in [6, 6.07) is 0. The van der Waals surface area contributed by atoms with Crippen LogP contribution in [0.3, 0.4) is 0 Å². The summed E-state index contributed by atoms with van der Waals surface area (Å²) in [5, 5.41) is 9.17. The first-order valence-electron chi connectivity index (χ1n) is 5.77. The van der Waals surface area contributed by atoms with E-state index in [0.717, 1.165) is 16.4 Å². The second-order valence-electron chi connectivity index (χ2n) is 4.54. The van der Waals surface area contributed by atoms with Gasteiger partial charge in [-0.05, 0) is 26.7 Å². The standard InChI is InChI=1S/C11H15N5S/c1-6-7(2)17-9(13-6)5-16-10(8-3-4-8)11(12)14-15-16/h8H,3-5,12H2,1-2H3. The van der Waals surface area contributed by atoms with E-state index in [0.29, 0.717) is 18.3 Å². The van der Waals surface area contributed by atoms with Crippen LogP contribution in [0.2, 0.25) is 0 Å². The lowest BCUT2D eigenvalue weighted by Crippen LogP contribution is -2.06. The smallest absolute Gasteiger partial charge is 0.169 e. The van der Waals surface area contributed by atoms with E-state index in [1.54, 1.807) is 11.3 Å². The summed E-state index contributed by atoms with van der Waals surface area (Å²) in [5.74, 6) is 1.14. The zero-order valence-corrected chi connectivity index (χ0v) is 10.8. The van der Waals surface area contributed by atoms with Crippen LogP contribution in [0.5, 0.6) is 0 Å². The van der Waals surface area contributed by atoms with Crippen LogP contribution in [0.25, 0.3) is 0 Å². The van der Waals surface area contributed by atoms with Gasteiger partial charge in [-0.2, -0.15) is 0 Å². The first kappa shape index (κ1) is 10.7. The van der Waals surface area contributed by atoms with Gasteiger partial charge in [-0.15, -0.1) is 16.4 Å². The number of hydrogen-bond acceptors (Lipinski definition) is 5. The van der Waals surface area contributed by atoms with E-state index in [9.17, 15) is 0 Å². The first-order valence-corrected chi connectivity index (χ1v) is 6.58. The number of nitrogen functional groups attached to an aromatic ring is 1. The SMILES string of the molecule is Cc1nc(Cn2nnc(N)c2C2CC2)sc1C. The van der Waals surface area contributed by atoms with Crippen LogP contribution in [0, 0.1) is 13.8 Å². The van der Waals surface area contributed by atoms with E-state index in [-0.39, 0.29) is 0 Å². The van der Waals surface area contributed by atoms with Crippen molar-refractivity contribution in [2.45, 2.75) is 39.2 Å². The molecule has 1 aliphatic rings. The Bertz CT molecular complexity index is 533. The first-order chi connectivity index (χ1) is 8.15. The van der Waals surface area contributed by atoms with Gasteiger partial charge >= 0.3 is 0 Å². The minimum absolute atomic E-state index is 0.562. The van der Waals surface area contributed by atoms with Crippen LogP contribution < -0.4 is 5.73 Å². The number of hydrogen-bond donors (Lipinski definition) is 1. The molecular formula is C11H15N5S. The Hall–Kier alpha value is -1.43. The van der Waals surface area contributed by atoms with Gasteiger partial charge in [0.05, 0.1) is 17.9 Å². The fourth-order valence-electron chi connectivity index (χ4n) is 1.96. The van der Waals surface area contributed by atoms with Gasteiger partial charge in [-0.1, -0.05) is 5.21 Å². The van der Waals surface area contributed by atoms with Crippen LogP contribution >= 0.6 is 11.3 Å². The molecule has 0 unspecified atom stereocenters. The number of nitrogens with zero attached hydrogens (tertiary/aromatic N) is 4. The molecule has 0 saturated heterocycles. The van der Waals surface area contributed by atoms with Gasteiger partial charge in [0.25, 0.3) is 0 Å². The van der Waals surface area contributed by atoms with E-state index >= 15 is 0 Å². The van der Waals surface area contributed by atoms with E-state index in [4.69, 9.17) is 5.73 Å². The molecule has 0 atom stereocenters. The lowest BCUT2D eigenvalue weighted by atomic mass is 10.3. The summed E-state index contributed by atoms with van der Waals surface area (Å²) in [7, 11) is 0. The molecule has 0 bridgehead atoms. The molecule has 2 N–H and O–H groups in total. The fraction of sp³-hybridized carbons (Fsp3) is 0.545. The Morgan fingerprint density at radius 1 is 1.41 bits per heavy atom. The zero-order chi connectivity index (χ0) is 12.0. The number of aromatic nitrogens is 4. The van der Waals surface area contributed by atoms with Gasteiger partial charge in [0, 0.05) is 10.8 Å². The van der Waals surface area contributed by atoms with E-state index < -0.39 is 0 Å². The third kappa shape index (κ3) is 1.93. The second-order valence-corrected chi connectivity index (χ2v) is 5.83. The highest BCUT2D eigenvalue weighted by molar-refractivity contribution is 7.11. The molecule has 2 aromatic rings. The lowest BCUT2D eigenvalue weighted by molar-refractivity contribution is 0.617. The predicted molar refractivity (Wildman–Crippen MR) is 67.1 cm³/mol. The summed E-state index contributed by atoms with van der Waals surface area (Å²) in [4.78, 5) is 5.79. The number of nitrogens with two attached hydrogens (primary N) is 1. The molecule has 0 amide bonds. The largest absolute Gasteiger partial charge is 0.381 e. The normalized spacial score (nSPS) is 15.4. The summed E-state index contributed by atoms with van der Waals surface area (Å²) in [5.41, 5.74) is 8.06. The molecule has 5 nitrogen and oxygen atoms in total. The van der Waals surface area contributed by atoms with Crippen LogP contribution in [-0.2, 0) is 6.54 Å². The molecule has 90 valence electrons. The third-order valence-electron chi connectivity index (χ3n) is 3.12. The Morgan fingerprint density at radius 3 is 2.76 bits per heavy atom. The van der Waals surface area contributed by atoms with E-state index in [1.807, 2.05) is 11.6 Å². The Labute approximate surface area is 104 Å². The van der Waals surface area contributed by atoms with Gasteiger partial charge < -0.3 is 5.73 Å². The molecule has 6 heteroatoms. The molecule has 0 aromatic carbocycles. The molecule has 0 aliphatic heterocycles. The van der Waals surface area contributed by atoms with Crippen molar-refractivity contribution in [1.29, 1.82) is 0 Å². The van der Waals surface area contributed by atoms with Gasteiger partial charge in [0.15, 0.2) is 5.82 Å². The van der Waals surface area contributed by atoms with Crippen molar-refractivity contribution in [3.8, 4) is 0 Å². The van der Waals surface area contributed by atoms with Crippen LogP contribution in [0.1, 0.15) is 40.0 Å². The lowest BCUT2D eigenvalue weighted by Gasteiger charge is -2.02. The Balaban J connectivity index is 1.89. The van der Waals surface area contributed by atoms with Crippen molar-refractivity contribution in [3.63, 3.8) is 0 Å². The van der Waals surface area contributed by atoms with Gasteiger partial charge in [-0.25, -0.2) is 9.67 Å². The molecule has 0 spiro atoms. The summed E-state index contributed by atoms with van der Waals surface area (Å²) >= 11 is 1.72. The predicted octanol–water partition coefficient (Wildman–Crippen LogP) is 1.86. The molecule has 17 heavy (non-hydrogen) atoms. The maximum atomic E-state index is 5.86. The monoisotopic (exact) mass is 249 g/mol. The topological polar surface area (TPSA) is 69.6 Å². The number of anilines is 1. The average Bonchev–Trinajstić information content (AvgIpc) is 2.97. The number of rotatable bonds is 3. The highest BCUT2D eigenvalue weighted by Crippen LogP contribution is 2.42. The van der Waals surface area contributed by atoms with Crippen molar-refractivity contribution in [1.82, 2.24) is 20.0 Å². The van der Waals surface area contributed by atoms with Crippen molar-refractivity contribution < 1.29 is 0 Å². The second kappa shape index (κ2) is 3.80. The maximum Gasteiger partial charge on any atom is 0.169 e. The minimum Gasteiger partial charge on any atom is -0.381 e. The molecule has 2 aromatic heterocycles. The minimum atomic E-state index is 0.562. The number of thiazole rings is 1. The van der Waals surface area contributed by atoms with Crippen LogP contribution in [0.15, 0.2) is 0 Å². The van der Waals surface area contributed by atoms with Crippen LogP contribution in [-0.4, -0.2) is 20.0 Å². The number of aryl methyl sites for hydroxylation is 2. The van der Waals surface area contributed by atoms with Crippen LogP contribution in [0.4, 0.5) is 5.82 Å². The molecule has 0 radical (unpaired) electrons. The van der Waals surface area contributed by atoms with Crippen molar-refractivity contribution in [3.05, 3.63) is 21.3 Å². The van der Waals surface area contributed by atoms with Gasteiger partial charge in [0.2, 0.25) is 0 Å². The summed E-state index contributed by atoms with van der Waals surface area (Å²) in [6.07, 6.45) is 2.40. The van der Waals surface area contributed by atoms with Gasteiger partial charge in [-0.3, -0.25) is 0 Å².